The van der Waals surface area contributed by atoms with Crippen LogP contribution in [0.15, 0.2) is 29.2 Å². The Morgan fingerprint density at radius 1 is 1.30 bits per heavy atom. The third-order valence-electron chi connectivity index (χ3n) is 1.65. The van der Waals surface area contributed by atoms with Crippen molar-refractivity contribution in [1.29, 1.82) is 0 Å². The van der Waals surface area contributed by atoms with Gasteiger partial charge in [-0.3, -0.25) is 0 Å². The lowest BCUT2D eigenvalue weighted by Gasteiger charge is -2.12. The van der Waals surface area contributed by atoms with Crippen molar-refractivity contribution in [2.75, 3.05) is 0 Å². The molecule has 1 aromatic carbocycles. The third-order valence-corrected chi connectivity index (χ3v) is 2.62. The molecule has 0 saturated heterocycles. The molecule has 0 aliphatic carbocycles. The first-order valence-electron chi connectivity index (χ1n) is 3.44. The maximum Gasteiger partial charge on any atom is 0.0538 e. The zero-order valence-electron chi connectivity index (χ0n) is 5.63. The Morgan fingerprint density at radius 3 is 3.10 bits per heavy atom. The molecule has 1 aliphatic heterocycles. The SMILES string of the molecule is [C]1CCc2ccccc2S1. The predicted octanol–water partition coefficient (Wildman–Crippen LogP) is 2.76. The van der Waals surface area contributed by atoms with Crippen molar-refractivity contribution in [3.8, 4) is 0 Å². The molecule has 0 fully saturated rings. The number of aryl methyl sites for hydroxylation is 1. The fourth-order valence-electron chi connectivity index (χ4n) is 1.12. The van der Waals surface area contributed by atoms with Crippen molar-refractivity contribution < 1.29 is 0 Å². The first kappa shape index (κ1) is 6.29. The summed E-state index contributed by atoms with van der Waals surface area (Å²) in [5, 5.41) is 0. The van der Waals surface area contributed by atoms with E-state index >= 15 is 0 Å². The minimum atomic E-state index is 1.10. The Balaban J connectivity index is 2.41. The van der Waals surface area contributed by atoms with Crippen LogP contribution in [0.2, 0.25) is 0 Å². The lowest BCUT2D eigenvalue weighted by atomic mass is 10.1. The Hall–Kier alpha value is -0.430. The van der Waals surface area contributed by atoms with Gasteiger partial charge in [-0.25, -0.2) is 0 Å². The third kappa shape index (κ3) is 1.06. The number of fused-ring (bicyclic) bond motifs is 1. The Morgan fingerprint density at radius 2 is 2.20 bits per heavy atom. The summed E-state index contributed by atoms with van der Waals surface area (Å²) < 4.78 is 0. The van der Waals surface area contributed by atoms with Crippen LogP contribution in [0.5, 0.6) is 0 Å². The molecule has 2 radical (unpaired) electrons. The van der Waals surface area contributed by atoms with Gasteiger partial charge in [-0.05, 0) is 24.5 Å². The van der Waals surface area contributed by atoms with Gasteiger partial charge in [0, 0.05) is 4.90 Å². The second-order valence-electron chi connectivity index (χ2n) is 2.35. The molecule has 0 N–H and O–H groups in total. The van der Waals surface area contributed by atoms with Crippen LogP contribution < -0.4 is 0 Å². The number of hydrogen-bond acceptors (Lipinski definition) is 1. The highest BCUT2D eigenvalue weighted by molar-refractivity contribution is 8.01. The van der Waals surface area contributed by atoms with Gasteiger partial charge < -0.3 is 0 Å². The summed E-state index contributed by atoms with van der Waals surface area (Å²) >= 11 is 1.74. The van der Waals surface area contributed by atoms with Gasteiger partial charge >= 0.3 is 0 Å². The highest BCUT2D eigenvalue weighted by Crippen LogP contribution is 2.31. The van der Waals surface area contributed by atoms with Crippen LogP contribution in [-0.4, -0.2) is 0 Å². The molecule has 0 aromatic heterocycles. The molecule has 0 unspecified atom stereocenters. The van der Waals surface area contributed by atoms with Crippen LogP contribution in [0.1, 0.15) is 12.0 Å². The minimum Gasteiger partial charge on any atom is -0.116 e. The number of hydrogen-bond donors (Lipinski definition) is 0. The molecule has 0 amide bonds. The van der Waals surface area contributed by atoms with Crippen LogP contribution in [0.25, 0.3) is 0 Å². The molecule has 1 aromatic rings. The summed E-state index contributed by atoms with van der Waals surface area (Å²) in [4.78, 5) is 1.38. The molecule has 0 spiro atoms. The Labute approximate surface area is 65.6 Å². The van der Waals surface area contributed by atoms with Crippen molar-refractivity contribution in [2.24, 2.45) is 0 Å². The Bertz CT molecular complexity index is 205. The normalized spacial score (nSPS) is 16.4. The highest BCUT2D eigenvalue weighted by atomic mass is 32.2. The zero-order valence-corrected chi connectivity index (χ0v) is 6.45. The highest BCUT2D eigenvalue weighted by Gasteiger charge is 2.07. The van der Waals surface area contributed by atoms with Gasteiger partial charge in [-0.1, -0.05) is 18.2 Å². The van der Waals surface area contributed by atoms with Crippen LogP contribution in [-0.2, 0) is 6.42 Å². The second-order valence-corrected chi connectivity index (χ2v) is 3.29. The summed E-state index contributed by atoms with van der Waals surface area (Å²) in [5.74, 6) is 3.26. The van der Waals surface area contributed by atoms with E-state index in [0.29, 0.717) is 0 Å². The van der Waals surface area contributed by atoms with Gasteiger partial charge in [0.05, 0.1) is 5.75 Å². The molecule has 0 atom stereocenters. The van der Waals surface area contributed by atoms with Gasteiger partial charge in [0.1, 0.15) is 0 Å². The molecular weight excluding hydrogens is 140 g/mol. The topological polar surface area (TPSA) is 0 Å². The maximum absolute atomic E-state index is 3.26. The molecule has 1 heterocycles. The van der Waals surface area contributed by atoms with Crippen LogP contribution in [0, 0.1) is 5.75 Å². The number of benzene rings is 1. The van der Waals surface area contributed by atoms with E-state index in [9.17, 15) is 0 Å². The van der Waals surface area contributed by atoms with E-state index in [1.807, 2.05) is 0 Å². The van der Waals surface area contributed by atoms with Gasteiger partial charge in [0.15, 0.2) is 0 Å². The standard InChI is InChI=1S/C9H8S/c1-2-6-9-8(4-1)5-3-7-10-9/h1-2,4,6H,3,5H2. The van der Waals surface area contributed by atoms with Gasteiger partial charge in [0.25, 0.3) is 0 Å². The van der Waals surface area contributed by atoms with Crippen LogP contribution in [0.4, 0.5) is 0 Å². The van der Waals surface area contributed by atoms with Gasteiger partial charge in [0.2, 0.25) is 0 Å². The molecule has 2 rings (SSSR count). The number of thioether (sulfide) groups is 1. The van der Waals surface area contributed by atoms with E-state index < -0.39 is 0 Å². The zero-order chi connectivity index (χ0) is 6.81. The monoisotopic (exact) mass is 148 g/mol. The summed E-state index contributed by atoms with van der Waals surface area (Å²) in [7, 11) is 0. The van der Waals surface area contributed by atoms with E-state index in [1.165, 1.54) is 16.9 Å². The van der Waals surface area contributed by atoms with E-state index in [4.69, 9.17) is 0 Å². The van der Waals surface area contributed by atoms with Crippen molar-refractivity contribution in [3.05, 3.63) is 35.6 Å². The lowest BCUT2D eigenvalue weighted by molar-refractivity contribution is 0.939. The van der Waals surface area contributed by atoms with E-state index in [0.717, 1.165) is 6.42 Å². The van der Waals surface area contributed by atoms with E-state index in [1.54, 1.807) is 11.8 Å². The number of rotatable bonds is 0. The molecule has 50 valence electrons. The van der Waals surface area contributed by atoms with Crippen LogP contribution >= 0.6 is 11.8 Å². The summed E-state index contributed by atoms with van der Waals surface area (Å²) in [6.07, 6.45) is 2.27. The maximum atomic E-state index is 3.26. The lowest BCUT2D eigenvalue weighted by Crippen LogP contribution is -1.93. The van der Waals surface area contributed by atoms with E-state index in [2.05, 4.69) is 30.0 Å². The fraction of sp³-hybridized carbons (Fsp3) is 0.222. The average Bonchev–Trinajstić information content (AvgIpc) is 2.05. The summed E-state index contributed by atoms with van der Waals surface area (Å²) in [6, 6.07) is 8.54. The molecule has 0 nitrogen and oxygen atoms in total. The molecule has 0 saturated carbocycles. The largest absolute Gasteiger partial charge is 0.116 e. The van der Waals surface area contributed by atoms with Crippen molar-refractivity contribution in [2.45, 2.75) is 17.7 Å². The molecule has 1 aliphatic rings. The minimum absolute atomic E-state index is 1.10. The van der Waals surface area contributed by atoms with E-state index in [-0.39, 0.29) is 0 Å². The van der Waals surface area contributed by atoms with Gasteiger partial charge in [-0.2, -0.15) is 0 Å². The second kappa shape index (κ2) is 2.67. The Kier molecular flexibility index (Phi) is 1.68. The molecule has 1 heteroatoms. The predicted molar refractivity (Wildman–Crippen MR) is 43.9 cm³/mol. The molecule has 0 bridgehead atoms. The quantitative estimate of drug-likeness (QED) is 0.545. The first-order chi connectivity index (χ1) is 4.97. The van der Waals surface area contributed by atoms with Crippen molar-refractivity contribution in [1.82, 2.24) is 0 Å². The smallest absolute Gasteiger partial charge is 0.0538 e. The summed E-state index contributed by atoms with van der Waals surface area (Å²) in [6.45, 7) is 0. The average molecular weight is 148 g/mol. The van der Waals surface area contributed by atoms with Crippen LogP contribution in [0.3, 0.4) is 0 Å². The first-order valence-corrected chi connectivity index (χ1v) is 4.26. The van der Waals surface area contributed by atoms with Gasteiger partial charge in [-0.15, -0.1) is 11.8 Å². The van der Waals surface area contributed by atoms with Crippen molar-refractivity contribution in [3.63, 3.8) is 0 Å². The molecule has 10 heavy (non-hydrogen) atoms. The van der Waals surface area contributed by atoms with Crippen molar-refractivity contribution >= 4 is 11.8 Å². The summed E-state index contributed by atoms with van der Waals surface area (Å²) in [5.41, 5.74) is 1.48. The fourth-order valence-corrected chi connectivity index (χ4v) is 1.93. The molecular formula is C9H8S.